The van der Waals surface area contributed by atoms with E-state index in [-0.39, 0.29) is 12.5 Å². The van der Waals surface area contributed by atoms with Gasteiger partial charge in [0.25, 0.3) is 0 Å². The lowest BCUT2D eigenvalue weighted by Gasteiger charge is -2.36. The number of aliphatic carboxylic acids is 1. The molecule has 0 unspecified atom stereocenters. The number of hydrogen-bond donors (Lipinski definition) is 3. The lowest BCUT2D eigenvalue weighted by molar-refractivity contribution is -0.139. The molecule has 0 aromatic heterocycles. The van der Waals surface area contributed by atoms with Gasteiger partial charge in [0.05, 0.1) is 12.0 Å². The van der Waals surface area contributed by atoms with E-state index in [2.05, 4.69) is 10.6 Å². The topological polar surface area (TPSA) is 87.7 Å². The van der Waals surface area contributed by atoms with E-state index in [0.717, 1.165) is 44.9 Å². The summed E-state index contributed by atoms with van der Waals surface area (Å²) >= 11 is 0. The minimum Gasteiger partial charge on any atom is -0.481 e. The molecule has 6 heteroatoms. The molecule has 3 N–H and O–H groups in total. The van der Waals surface area contributed by atoms with Crippen molar-refractivity contribution in [2.45, 2.75) is 56.9 Å². The number of carbonyl (C=O) groups is 2. The molecule has 1 saturated carbocycles. The summed E-state index contributed by atoms with van der Waals surface area (Å²) in [6.07, 6.45) is 6.31. The molecule has 20 heavy (non-hydrogen) atoms. The summed E-state index contributed by atoms with van der Waals surface area (Å²) in [4.78, 5) is 22.9. The number of amides is 2. The van der Waals surface area contributed by atoms with Gasteiger partial charge in [0, 0.05) is 20.3 Å². The van der Waals surface area contributed by atoms with Crippen LogP contribution in [-0.4, -0.2) is 42.9 Å². The van der Waals surface area contributed by atoms with E-state index in [1.165, 1.54) is 0 Å². The van der Waals surface area contributed by atoms with Gasteiger partial charge in [-0.05, 0) is 25.7 Å². The number of hydrogen-bond acceptors (Lipinski definition) is 3. The van der Waals surface area contributed by atoms with Crippen molar-refractivity contribution in [2.75, 3.05) is 20.3 Å². The monoisotopic (exact) mass is 286 g/mol. The van der Waals surface area contributed by atoms with Crippen LogP contribution in [0.15, 0.2) is 0 Å². The molecule has 1 aliphatic rings. The summed E-state index contributed by atoms with van der Waals surface area (Å²) in [6.45, 7) is 1.27. The van der Waals surface area contributed by atoms with Gasteiger partial charge in [-0.2, -0.15) is 0 Å². The molecule has 0 aromatic carbocycles. The molecule has 1 aliphatic carbocycles. The number of carboxylic acid groups (broad SMARTS) is 1. The highest BCUT2D eigenvalue weighted by Crippen LogP contribution is 2.31. The molecule has 2 amide bonds. The second-order valence-corrected chi connectivity index (χ2v) is 5.49. The number of ether oxygens (including phenoxy) is 1. The normalized spacial score (nSPS) is 17.4. The molecular formula is C14H26N2O4. The average molecular weight is 286 g/mol. The zero-order valence-corrected chi connectivity index (χ0v) is 12.2. The summed E-state index contributed by atoms with van der Waals surface area (Å²) in [6, 6.07) is -0.259. The Morgan fingerprint density at radius 2 is 1.90 bits per heavy atom. The number of nitrogens with one attached hydrogen (secondary N) is 2. The third-order valence-electron chi connectivity index (χ3n) is 3.74. The van der Waals surface area contributed by atoms with E-state index in [9.17, 15) is 9.59 Å². The van der Waals surface area contributed by atoms with Crippen molar-refractivity contribution in [3.05, 3.63) is 0 Å². The van der Waals surface area contributed by atoms with E-state index in [4.69, 9.17) is 9.84 Å². The molecule has 0 spiro atoms. The van der Waals surface area contributed by atoms with Gasteiger partial charge < -0.3 is 20.5 Å². The standard InChI is InChI=1S/C14H26N2O4/c1-20-10-6-5-9-15-13(19)16-14(11-12(17)18)7-3-2-4-8-14/h2-11H2,1H3,(H,17,18)(H2,15,16,19). The second-order valence-electron chi connectivity index (χ2n) is 5.49. The number of methoxy groups -OCH3 is 1. The van der Waals surface area contributed by atoms with Crippen LogP contribution in [0.5, 0.6) is 0 Å². The Hall–Kier alpha value is -1.30. The first kappa shape index (κ1) is 16.8. The van der Waals surface area contributed by atoms with Gasteiger partial charge in [-0.3, -0.25) is 4.79 Å². The van der Waals surface area contributed by atoms with Crippen LogP contribution in [0.2, 0.25) is 0 Å². The first-order valence-corrected chi connectivity index (χ1v) is 7.35. The summed E-state index contributed by atoms with van der Waals surface area (Å²) in [5.41, 5.74) is -0.569. The largest absolute Gasteiger partial charge is 0.481 e. The Morgan fingerprint density at radius 3 is 2.50 bits per heavy atom. The predicted molar refractivity (Wildman–Crippen MR) is 75.7 cm³/mol. The van der Waals surface area contributed by atoms with Gasteiger partial charge in [-0.15, -0.1) is 0 Å². The predicted octanol–water partition coefficient (Wildman–Crippen LogP) is 1.89. The molecule has 0 aliphatic heterocycles. The van der Waals surface area contributed by atoms with Crippen molar-refractivity contribution in [2.24, 2.45) is 0 Å². The van der Waals surface area contributed by atoms with E-state index in [0.29, 0.717) is 13.2 Å². The SMILES string of the molecule is COCCCCNC(=O)NC1(CC(=O)O)CCCCC1. The van der Waals surface area contributed by atoms with Crippen molar-refractivity contribution >= 4 is 12.0 Å². The maximum atomic E-state index is 11.9. The minimum atomic E-state index is -0.854. The summed E-state index contributed by atoms with van der Waals surface area (Å²) in [5.74, 6) is -0.854. The first-order valence-electron chi connectivity index (χ1n) is 7.35. The highest BCUT2D eigenvalue weighted by atomic mass is 16.5. The van der Waals surface area contributed by atoms with Crippen molar-refractivity contribution in [3.8, 4) is 0 Å². The van der Waals surface area contributed by atoms with Crippen molar-refractivity contribution in [1.29, 1.82) is 0 Å². The average Bonchev–Trinajstić information content (AvgIpc) is 2.38. The van der Waals surface area contributed by atoms with Crippen molar-refractivity contribution in [3.63, 3.8) is 0 Å². The Bertz CT molecular complexity index is 314. The zero-order valence-electron chi connectivity index (χ0n) is 12.2. The molecule has 1 fully saturated rings. The second kappa shape index (κ2) is 8.79. The van der Waals surface area contributed by atoms with Gasteiger partial charge in [0.2, 0.25) is 0 Å². The number of urea groups is 1. The summed E-state index contributed by atoms with van der Waals surface area (Å²) in [7, 11) is 1.65. The first-order chi connectivity index (χ1) is 9.58. The van der Waals surface area contributed by atoms with Gasteiger partial charge >= 0.3 is 12.0 Å². The van der Waals surface area contributed by atoms with Crippen LogP contribution in [0.3, 0.4) is 0 Å². The quantitative estimate of drug-likeness (QED) is 0.595. The summed E-state index contributed by atoms with van der Waals surface area (Å²) < 4.78 is 4.94. The van der Waals surface area contributed by atoms with Gasteiger partial charge in [0.15, 0.2) is 0 Å². The van der Waals surface area contributed by atoms with Crippen LogP contribution in [0, 0.1) is 0 Å². The van der Waals surface area contributed by atoms with Crippen LogP contribution in [0.4, 0.5) is 4.79 Å². The Kier molecular flexibility index (Phi) is 7.36. The van der Waals surface area contributed by atoms with Gasteiger partial charge in [-0.25, -0.2) is 4.79 Å². The van der Waals surface area contributed by atoms with Gasteiger partial charge in [-0.1, -0.05) is 19.3 Å². The third-order valence-corrected chi connectivity index (χ3v) is 3.74. The van der Waals surface area contributed by atoms with E-state index in [1.54, 1.807) is 7.11 Å². The smallest absolute Gasteiger partial charge is 0.315 e. The third kappa shape index (κ3) is 6.23. The molecule has 0 aromatic rings. The fourth-order valence-corrected chi connectivity index (χ4v) is 2.72. The fourth-order valence-electron chi connectivity index (χ4n) is 2.72. The van der Waals surface area contributed by atoms with Crippen LogP contribution in [0.25, 0.3) is 0 Å². The molecule has 0 bridgehead atoms. The number of carboxylic acids is 1. The minimum absolute atomic E-state index is 0.00406. The molecular weight excluding hydrogens is 260 g/mol. The summed E-state index contributed by atoms with van der Waals surface area (Å²) in [5, 5.41) is 14.7. The Balaban J connectivity index is 2.36. The molecule has 6 nitrogen and oxygen atoms in total. The maximum Gasteiger partial charge on any atom is 0.315 e. The molecule has 0 atom stereocenters. The Morgan fingerprint density at radius 1 is 1.20 bits per heavy atom. The Labute approximate surface area is 120 Å². The fraction of sp³-hybridized carbons (Fsp3) is 0.857. The molecule has 0 radical (unpaired) electrons. The molecule has 0 saturated heterocycles. The number of carbonyl (C=O) groups excluding carboxylic acids is 1. The number of rotatable bonds is 8. The van der Waals surface area contributed by atoms with Gasteiger partial charge in [0.1, 0.15) is 0 Å². The van der Waals surface area contributed by atoms with Crippen molar-refractivity contribution in [1.82, 2.24) is 10.6 Å². The van der Waals surface area contributed by atoms with Crippen LogP contribution >= 0.6 is 0 Å². The van der Waals surface area contributed by atoms with Crippen LogP contribution in [0.1, 0.15) is 51.4 Å². The highest BCUT2D eigenvalue weighted by Gasteiger charge is 2.35. The lowest BCUT2D eigenvalue weighted by Crippen LogP contribution is -2.54. The zero-order chi connectivity index (χ0) is 14.8. The molecule has 1 rings (SSSR count). The number of unbranched alkanes of at least 4 members (excludes halogenated alkanes) is 1. The maximum absolute atomic E-state index is 11.9. The van der Waals surface area contributed by atoms with E-state index in [1.807, 2.05) is 0 Å². The lowest BCUT2D eigenvalue weighted by atomic mass is 9.79. The van der Waals surface area contributed by atoms with Crippen molar-refractivity contribution < 1.29 is 19.4 Å². The molecule has 116 valence electrons. The van der Waals surface area contributed by atoms with E-state index >= 15 is 0 Å². The highest BCUT2D eigenvalue weighted by molar-refractivity contribution is 5.76. The molecule has 0 heterocycles. The van der Waals surface area contributed by atoms with Crippen LogP contribution < -0.4 is 10.6 Å². The van der Waals surface area contributed by atoms with Crippen LogP contribution in [-0.2, 0) is 9.53 Å². The van der Waals surface area contributed by atoms with E-state index < -0.39 is 11.5 Å².